The molecule has 0 bridgehead atoms. The molecule has 1 atom stereocenters. The Hall–Kier alpha value is -3.40. The molecule has 4 rings (SSSR count). The van der Waals surface area contributed by atoms with Gasteiger partial charge in [-0.2, -0.15) is 0 Å². The Labute approximate surface area is 185 Å². The molecule has 2 aromatic heterocycles. The lowest BCUT2D eigenvalue weighted by molar-refractivity contribution is -0.402. The number of nitrogens with zero attached hydrogens (tertiary/aromatic N) is 4. The van der Waals surface area contributed by atoms with Crippen molar-refractivity contribution >= 4 is 34.2 Å². The van der Waals surface area contributed by atoms with Crippen LogP contribution in [-0.4, -0.2) is 46.7 Å². The Morgan fingerprint density at radius 2 is 2.00 bits per heavy atom. The fourth-order valence-electron chi connectivity index (χ4n) is 4.11. The average molecular weight is 441 g/mol. The Morgan fingerprint density at radius 3 is 2.66 bits per heavy atom. The highest BCUT2D eigenvalue weighted by molar-refractivity contribution is 6.06. The van der Waals surface area contributed by atoms with E-state index in [0.29, 0.717) is 37.9 Å². The summed E-state index contributed by atoms with van der Waals surface area (Å²) in [6, 6.07) is 6.63. The first-order chi connectivity index (χ1) is 15.3. The van der Waals surface area contributed by atoms with Crippen molar-refractivity contribution in [1.29, 1.82) is 0 Å². The number of furan rings is 1. The van der Waals surface area contributed by atoms with E-state index in [1.807, 2.05) is 18.5 Å². The number of imidazole rings is 1. The molecule has 32 heavy (non-hydrogen) atoms. The molecule has 1 aliphatic rings. The van der Waals surface area contributed by atoms with Crippen LogP contribution in [0.4, 0.5) is 17.3 Å². The van der Waals surface area contributed by atoms with Gasteiger partial charge in [0.15, 0.2) is 5.76 Å². The molecule has 10 nitrogen and oxygen atoms in total. The van der Waals surface area contributed by atoms with Crippen LogP contribution in [0.5, 0.6) is 0 Å². The molecule has 1 amide bonds. The summed E-state index contributed by atoms with van der Waals surface area (Å²) in [6.45, 7) is 9.14. The van der Waals surface area contributed by atoms with Crippen LogP contribution in [0.1, 0.15) is 43.8 Å². The van der Waals surface area contributed by atoms with E-state index in [4.69, 9.17) is 9.15 Å². The first-order valence-electron chi connectivity index (χ1n) is 10.7. The summed E-state index contributed by atoms with van der Waals surface area (Å²) >= 11 is 0. The van der Waals surface area contributed by atoms with E-state index in [0.717, 1.165) is 23.1 Å². The van der Waals surface area contributed by atoms with Crippen LogP contribution < -0.4 is 10.2 Å². The molecule has 1 fully saturated rings. The number of ether oxygens (including phenoxy) is 1. The van der Waals surface area contributed by atoms with E-state index in [9.17, 15) is 14.9 Å². The summed E-state index contributed by atoms with van der Waals surface area (Å²) in [4.78, 5) is 29.7. The van der Waals surface area contributed by atoms with Crippen molar-refractivity contribution in [2.24, 2.45) is 5.92 Å². The number of carbonyl (C=O) groups excluding carboxylic acids is 1. The van der Waals surface area contributed by atoms with Crippen LogP contribution in [-0.2, 0) is 4.74 Å². The maximum absolute atomic E-state index is 12.8. The SMILES string of the molecule is CC(C)CC(C)n1cnc2cc(NC(=O)c3ccc([N+](=O)[O-])o3)c(N3CCOCC3)cc21. The van der Waals surface area contributed by atoms with Gasteiger partial charge < -0.3 is 23.9 Å². The van der Waals surface area contributed by atoms with Gasteiger partial charge in [-0.15, -0.1) is 0 Å². The highest BCUT2D eigenvalue weighted by atomic mass is 16.6. The number of hydrogen-bond donors (Lipinski definition) is 1. The predicted octanol–water partition coefficient (Wildman–Crippen LogP) is 4.23. The number of carbonyl (C=O) groups is 1. The number of anilines is 2. The third-order valence-corrected chi connectivity index (χ3v) is 5.58. The van der Waals surface area contributed by atoms with Gasteiger partial charge in [0.1, 0.15) is 4.92 Å². The second-order valence-electron chi connectivity index (χ2n) is 8.44. The molecule has 1 aromatic carbocycles. The normalized spacial score (nSPS) is 15.3. The Kier molecular flexibility index (Phi) is 6.13. The van der Waals surface area contributed by atoms with Gasteiger partial charge in [-0.05, 0) is 37.5 Å². The minimum Gasteiger partial charge on any atom is -0.395 e. The summed E-state index contributed by atoms with van der Waals surface area (Å²) in [5.41, 5.74) is 3.18. The summed E-state index contributed by atoms with van der Waals surface area (Å²) < 4.78 is 12.7. The van der Waals surface area contributed by atoms with Gasteiger partial charge in [0.2, 0.25) is 0 Å². The molecule has 3 heterocycles. The van der Waals surface area contributed by atoms with Gasteiger partial charge in [0.05, 0.1) is 48.0 Å². The third kappa shape index (κ3) is 4.45. The number of fused-ring (bicyclic) bond motifs is 1. The van der Waals surface area contributed by atoms with E-state index in [-0.39, 0.29) is 11.8 Å². The molecule has 0 radical (unpaired) electrons. The Bertz CT molecular complexity index is 1130. The van der Waals surface area contributed by atoms with E-state index in [1.165, 1.54) is 12.1 Å². The summed E-state index contributed by atoms with van der Waals surface area (Å²) in [6.07, 6.45) is 2.86. The third-order valence-electron chi connectivity index (χ3n) is 5.58. The number of morpholine rings is 1. The van der Waals surface area contributed by atoms with E-state index >= 15 is 0 Å². The lowest BCUT2D eigenvalue weighted by atomic mass is 10.0. The summed E-state index contributed by atoms with van der Waals surface area (Å²) in [7, 11) is 0. The lowest BCUT2D eigenvalue weighted by Gasteiger charge is -2.30. The van der Waals surface area contributed by atoms with Gasteiger partial charge in [-0.3, -0.25) is 14.9 Å². The Morgan fingerprint density at radius 1 is 1.25 bits per heavy atom. The van der Waals surface area contributed by atoms with Crippen molar-refractivity contribution in [2.75, 3.05) is 36.5 Å². The molecule has 10 heteroatoms. The van der Waals surface area contributed by atoms with Gasteiger partial charge in [-0.25, -0.2) is 4.98 Å². The summed E-state index contributed by atoms with van der Waals surface area (Å²) in [5.74, 6) is -0.602. The second kappa shape index (κ2) is 8.99. The predicted molar refractivity (Wildman–Crippen MR) is 120 cm³/mol. The van der Waals surface area contributed by atoms with Gasteiger partial charge in [0.25, 0.3) is 5.91 Å². The highest BCUT2D eigenvalue weighted by Gasteiger charge is 2.23. The van der Waals surface area contributed by atoms with Crippen LogP contribution in [0.15, 0.2) is 35.0 Å². The molecule has 1 N–H and O–H groups in total. The lowest BCUT2D eigenvalue weighted by Crippen LogP contribution is -2.36. The van der Waals surface area contributed by atoms with Gasteiger partial charge in [0, 0.05) is 19.1 Å². The first kappa shape index (κ1) is 21.8. The van der Waals surface area contributed by atoms with Crippen LogP contribution in [0.25, 0.3) is 11.0 Å². The number of nitrogens with one attached hydrogen (secondary N) is 1. The summed E-state index contributed by atoms with van der Waals surface area (Å²) in [5, 5.41) is 13.7. The number of aromatic nitrogens is 2. The van der Waals surface area contributed by atoms with Crippen molar-refractivity contribution < 1.29 is 18.9 Å². The van der Waals surface area contributed by atoms with Crippen LogP contribution >= 0.6 is 0 Å². The highest BCUT2D eigenvalue weighted by Crippen LogP contribution is 2.34. The largest absolute Gasteiger partial charge is 0.433 e. The zero-order chi connectivity index (χ0) is 22.8. The van der Waals surface area contributed by atoms with E-state index in [1.54, 1.807) is 0 Å². The number of amides is 1. The topological polar surface area (TPSA) is 116 Å². The molecule has 1 unspecified atom stereocenters. The van der Waals surface area contributed by atoms with E-state index in [2.05, 4.69) is 40.5 Å². The van der Waals surface area contributed by atoms with E-state index < -0.39 is 16.7 Å². The van der Waals surface area contributed by atoms with Crippen molar-refractivity contribution in [2.45, 2.75) is 33.2 Å². The molecule has 170 valence electrons. The minimum atomic E-state index is -0.674. The molecule has 0 aliphatic carbocycles. The van der Waals surface area contributed by atoms with Crippen molar-refractivity contribution in [1.82, 2.24) is 9.55 Å². The van der Waals surface area contributed by atoms with Crippen LogP contribution in [0.2, 0.25) is 0 Å². The van der Waals surface area contributed by atoms with Crippen molar-refractivity contribution in [3.05, 3.63) is 46.5 Å². The minimum absolute atomic E-state index is 0.124. The maximum Gasteiger partial charge on any atom is 0.433 e. The molecule has 0 spiro atoms. The van der Waals surface area contributed by atoms with Gasteiger partial charge in [-0.1, -0.05) is 13.8 Å². The molecule has 1 saturated heterocycles. The van der Waals surface area contributed by atoms with Crippen LogP contribution in [0.3, 0.4) is 0 Å². The maximum atomic E-state index is 12.8. The number of hydrogen-bond acceptors (Lipinski definition) is 7. The standard InChI is InChI=1S/C22H27N5O5/c1-14(2)10-15(3)26-13-23-16-11-17(18(12-19(16)26)25-6-8-31-9-7-25)24-22(28)20-4-5-21(32-20)27(29)30/h4-5,11-15H,6-10H2,1-3H3,(H,24,28). The quantitative estimate of drug-likeness (QED) is 0.431. The molecule has 1 aliphatic heterocycles. The van der Waals surface area contributed by atoms with Crippen LogP contribution in [0, 0.1) is 16.0 Å². The van der Waals surface area contributed by atoms with Crippen molar-refractivity contribution in [3.63, 3.8) is 0 Å². The average Bonchev–Trinajstić information content (AvgIpc) is 3.41. The molecular weight excluding hydrogens is 414 g/mol. The Balaban J connectivity index is 1.71. The second-order valence-corrected chi connectivity index (χ2v) is 8.44. The number of benzene rings is 1. The van der Waals surface area contributed by atoms with Gasteiger partial charge >= 0.3 is 5.88 Å². The fourth-order valence-corrected chi connectivity index (χ4v) is 4.11. The monoisotopic (exact) mass is 441 g/mol. The fraction of sp³-hybridized carbons (Fsp3) is 0.455. The molecule has 0 saturated carbocycles. The smallest absolute Gasteiger partial charge is 0.395 e. The number of nitro groups is 1. The number of rotatable bonds is 7. The first-order valence-corrected chi connectivity index (χ1v) is 10.7. The molecule has 3 aromatic rings. The van der Waals surface area contributed by atoms with Crippen molar-refractivity contribution in [3.8, 4) is 0 Å². The zero-order valence-electron chi connectivity index (χ0n) is 18.4. The zero-order valence-corrected chi connectivity index (χ0v) is 18.4. The molecular formula is C22H27N5O5.